The summed E-state index contributed by atoms with van der Waals surface area (Å²) in [5.41, 5.74) is 0.818. The van der Waals surface area contributed by atoms with Gasteiger partial charge >= 0.3 is 0 Å². The number of aryl methyl sites for hydroxylation is 1. The molecule has 1 aromatic heterocycles. The number of sulfonamides is 1. The molecule has 0 aromatic carbocycles. The second-order valence-electron chi connectivity index (χ2n) is 3.70. The van der Waals surface area contributed by atoms with Crippen LogP contribution in [0, 0.1) is 6.92 Å². The van der Waals surface area contributed by atoms with Crippen LogP contribution < -0.4 is 10.0 Å². The fraction of sp³-hybridized carbons (Fsp3) is 0.556. The highest BCUT2D eigenvalue weighted by atomic mass is 35.5. The van der Waals surface area contributed by atoms with E-state index in [1.165, 1.54) is 11.3 Å². The van der Waals surface area contributed by atoms with E-state index in [2.05, 4.69) is 10.0 Å². The van der Waals surface area contributed by atoms with Crippen molar-refractivity contribution < 1.29 is 8.42 Å². The van der Waals surface area contributed by atoms with Crippen LogP contribution in [0.5, 0.6) is 0 Å². The largest absolute Gasteiger partial charge is 0.315 e. The molecule has 16 heavy (non-hydrogen) atoms. The Morgan fingerprint density at radius 2 is 2.31 bits per heavy atom. The van der Waals surface area contributed by atoms with Gasteiger partial charge in [-0.05, 0) is 36.9 Å². The Balaban J connectivity index is 0.00000128. The molecule has 1 saturated heterocycles. The third-order valence-electron chi connectivity index (χ3n) is 2.44. The van der Waals surface area contributed by atoms with E-state index < -0.39 is 10.0 Å². The second-order valence-corrected chi connectivity index (χ2v) is 6.53. The quantitative estimate of drug-likeness (QED) is 0.873. The average molecular weight is 283 g/mol. The van der Waals surface area contributed by atoms with Gasteiger partial charge < -0.3 is 5.32 Å². The minimum atomic E-state index is -3.30. The molecule has 0 radical (unpaired) electrons. The molecule has 1 atom stereocenters. The molecule has 4 nitrogen and oxygen atoms in total. The Kier molecular flexibility index (Phi) is 4.75. The molecule has 7 heteroatoms. The molecule has 0 saturated carbocycles. The predicted molar refractivity (Wildman–Crippen MR) is 67.9 cm³/mol. The Morgan fingerprint density at radius 1 is 1.56 bits per heavy atom. The first kappa shape index (κ1) is 13.9. The Labute approximate surface area is 106 Å². The first-order valence-corrected chi connectivity index (χ1v) is 7.23. The van der Waals surface area contributed by atoms with Gasteiger partial charge in [-0.2, -0.15) is 0 Å². The summed E-state index contributed by atoms with van der Waals surface area (Å²) in [5.74, 6) is 0. The van der Waals surface area contributed by atoms with E-state index in [4.69, 9.17) is 0 Å². The van der Waals surface area contributed by atoms with E-state index in [0.717, 1.165) is 25.1 Å². The summed E-state index contributed by atoms with van der Waals surface area (Å²) in [6.45, 7) is 3.43. The molecule has 1 aromatic rings. The molecule has 1 aliphatic rings. The topological polar surface area (TPSA) is 58.2 Å². The van der Waals surface area contributed by atoms with Crippen molar-refractivity contribution in [2.75, 3.05) is 13.1 Å². The molecule has 2 heterocycles. The van der Waals surface area contributed by atoms with Gasteiger partial charge in [-0.25, -0.2) is 13.1 Å². The monoisotopic (exact) mass is 282 g/mol. The first-order chi connectivity index (χ1) is 7.09. The lowest BCUT2D eigenvalue weighted by Crippen LogP contribution is -2.36. The number of hydrogen-bond donors (Lipinski definition) is 2. The van der Waals surface area contributed by atoms with Crippen molar-refractivity contribution in [3.8, 4) is 0 Å². The molecule has 2 rings (SSSR count). The predicted octanol–water partition coefficient (Wildman–Crippen LogP) is 1.12. The van der Waals surface area contributed by atoms with Crippen molar-refractivity contribution in [1.82, 2.24) is 10.0 Å². The van der Waals surface area contributed by atoms with Gasteiger partial charge in [-0.3, -0.25) is 0 Å². The summed E-state index contributed by atoms with van der Waals surface area (Å²) >= 11 is 1.27. The van der Waals surface area contributed by atoms with Crippen LogP contribution in [0.3, 0.4) is 0 Å². The number of nitrogens with one attached hydrogen (secondary N) is 2. The molecule has 1 fully saturated rings. The maximum absolute atomic E-state index is 11.9. The molecule has 0 aliphatic carbocycles. The van der Waals surface area contributed by atoms with Gasteiger partial charge in [0.25, 0.3) is 10.0 Å². The third-order valence-corrected chi connectivity index (χ3v) is 5.65. The van der Waals surface area contributed by atoms with Gasteiger partial charge in [-0.15, -0.1) is 23.7 Å². The highest BCUT2D eigenvalue weighted by molar-refractivity contribution is 7.91. The molecule has 2 N–H and O–H groups in total. The van der Waals surface area contributed by atoms with Gasteiger partial charge in [0, 0.05) is 12.6 Å². The zero-order valence-electron chi connectivity index (χ0n) is 8.89. The SMILES string of the molecule is Cc1ccsc1S(=O)(=O)NC1CCNC1.Cl. The van der Waals surface area contributed by atoms with Crippen molar-refractivity contribution in [2.45, 2.75) is 23.6 Å². The van der Waals surface area contributed by atoms with Crippen molar-refractivity contribution in [2.24, 2.45) is 0 Å². The second kappa shape index (κ2) is 5.46. The van der Waals surface area contributed by atoms with E-state index in [1.54, 1.807) is 5.38 Å². The van der Waals surface area contributed by atoms with Crippen LogP contribution in [0.2, 0.25) is 0 Å². The van der Waals surface area contributed by atoms with Crippen LogP contribution in [0.15, 0.2) is 15.7 Å². The van der Waals surface area contributed by atoms with Crippen molar-refractivity contribution in [3.63, 3.8) is 0 Å². The maximum Gasteiger partial charge on any atom is 0.250 e. The van der Waals surface area contributed by atoms with E-state index in [1.807, 2.05) is 13.0 Å². The van der Waals surface area contributed by atoms with E-state index in [0.29, 0.717) is 4.21 Å². The molecular weight excluding hydrogens is 268 g/mol. The van der Waals surface area contributed by atoms with Crippen molar-refractivity contribution >= 4 is 33.8 Å². The Bertz CT molecular complexity index is 438. The van der Waals surface area contributed by atoms with Gasteiger partial charge in [0.1, 0.15) is 4.21 Å². The summed E-state index contributed by atoms with van der Waals surface area (Å²) in [7, 11) is -3.30. The van der Waals surface area contributed by atoms with Gasteiger partial charge in [-0.1, -0.05) is 0 Å². The Hall–Kier alpha value is -0.140. The average Bonchev–Trinajstić information content (AvgIpc) is 2.75. The standard InChI is InChI=1S/C9H14N2O2S2.ClH/c1-7-3-5-14-9(7)15(12,13)11-8-2-4-10-6-8;/h3,5,8,10-11H,2,4,6H2,1H3;1H. The smallest absolute Gasteiger partial charge is 0.250 e. The Morgan fingerprint density at radius 3 is 2.81 bits per heavy atom. The van der Waals surface area contributed by atoms with Gasteiger partial charge in [0.15, 0.2) is 0 Å². The zero-order chi connectivity index (χ0) is 10.9. The maximum atomic E-state index is 11.9. The highest BCUT2D eigenvalue weighted by Crippen LogP contribution is 2.22. The molecular formula is C9H15ClN2O2S2. The molecule has 0 bridgehead atoms. The van der Waals surface area contributed by atoms with E-state index >= 15 is 0 Å². The fourth-order valence-corrected chi connectivity index (χ4v) is 4.37. The van der Waals surface area contributed by atoms with Crippen LogP contribution in [-0.4, -0.2) is 27.5 Å². The summed E-state index contributed by atoms with van der Waals surface area (Å²) < 4.78 is 27.0. The lowest BCUT2D eigenvalue weighted by atomic mass is 10.3. The van der Waals surface area contributed by atoms with E-state index in [-0.39, 0.29) is 18.4 Å². The molecule has 0 amide bonds. The molecule has 92 valence electrons. The number of rotatable bonds is 3. The van der Waals surface area contributed by atoms with E-state index in [9.17, 15) is 8.42 Å². The fourth-order valence-electron chi connectivity index (χ4n) is 1.66. The number of hydrogen-bond acceptors (Lipinski definition) is 4. The summed E-state index contributed by atoms with van der Waals surface area (Å²) in [4.78, 5) is 0. The normalized spacial score (nSPS) is 20.7. The van der Waals surface area contributed by atoms with Gasteiger partial charge in [0.2, 0.25) is 0 Å². The minimum Gasteiger partial charge on any atom is -0.315 e. The van der Waals surface area contributed by atoms with Crippen molar-refractivity contribution in [3.05, 3.63) is 17.0 Å². The van der Waals surface area contributed by atoms with Crippen LogP contribution >= 0.6 is 23.7 Å². The highest BCUT2D eigenvalue weighted by Gasteiger charge is 2.24. The zero-order valence-corrected chi connectivity index (χ0v) is 11.3. The van der Waals surface area contributed by atoms with Crippen LogP contribution in [0.1, 0.15) is 12.0 Å². The summed E-state index contributed by atoms with van der Waals surface area (Å²) in [6, 6.07) is 1.86. The van der Waals surface area contributed by atoms with Crippen LogP contribution in [0.25, 0.3) is 0 Å². The van der Waals surface area contributed by atoms with Crippen molar-refractivity contribution in [1.29, 1.82) is 0 Å². The minimum absolute atomic E-state index is 0. The lowest BCUT2D eigenvalue weighted by Gasteiger charge is -2.11. The number of halogens is 1. The first-order valence-electron chi connectivity index (χ1n) is 4.87. The van der Waals surface area contributed by atoms with Gasteiger partial charge in [0.05, 0.1) is 0 Å². The summed E-state index contributed by atoms with van der Waals surface area (Å²) in [5, 5.41) is 4.93. The summed E-state index contributed by atoms with van der Waals surface area (Å²) in [6.07, 6.45) is 0.865. The lowest BCUT2D eigenvalue weighted by molar-refractivity contribution is 0.561. The van der Waals surface area contributed by atoms with Crippen LogP contribution in [0.4, 0.5) is 0 Å². The molecule has 1 unspecified atom stereocenters. The number of thiophene rings is 1. The third kappa shape index (κ3) is 2.95. The molecule has 1 aliphatic heterocycles. The molecule has 0 spiro atoms. The van der Waals surface area contributed by atoms with Crippen LogP contribution in [-0.2, 0) is 10.0 Å².